The molecule has 1 amide bonds. The van der Waals surface area contributed by atoms with Crippen LogP contribution in [0.25, 0.3) is 0 Å². The number of hydrogen-bond acceptors (Lipinski definition) is 4. The van der Waals surface area contributed by atoms with Crippen molar-refractivity contribution < 1.29 is 13.9 Å². The van der Waals surface area contributed by atoms with Gasteiger partial charge in [0.1, 0.15) is 18.2 Å². The summed E-state index contributed by atoms with van der Waals surface area (Å²) in [4.78, 5) is 18.4. The molecule has 4 rings (SSSR count). The average molecular weight is 354 g/mol. The van der Waals surface area contributed by atoms with Gasteiger partial charge in [-0.05, 0) is 42.8 Å². The summed E-state index contributed by atoms with van der Waals surface area (Å²) in [5, 5.41) is 2.96. The fourth-order valence-electron chi connectivity index (χ4n) is 2.88. The molecule has 0 unspecified atom stereocenters. The lowest BCUT2D eigenvalue weighted by atomic mass is 10.1. The molecule has 0 aliphatic carbocycles. The second-order valence-electron chi connectivity index (χ2n) is 5.81. The number of hydrogen-bond donors (Lipinski definition) is 0. The fraction of sp³-hybridized carbons (Fsp3) is 0.158. The number of fused-ring (bicyclic) bond motifs is 1. The van der Waals surface area contributed by atoms with E-state index in [0.717, 1.165) is 16.3 Å². The molecule has 0 N–H and O–H groups in total. The number of anilines is 1. The molecule has 2 heterocycles. The molecule has 4 nitrogen and oxygen atoms in total. The van der Waals surface area contributed by atoms with Gasteiger partial charge in [0.2, 0.25) is 0 Å². The van der Waals surface area contributed by atoms with Gasteiger partial charge in [-0.3, -0.25) is 4.79 Å². The molecule has 2 aromatic carbocycles. The quantitative estimate of drug-likeness (QED) is 0.700. The number of ether oxygens (including phenoxy) is 1. The number of rotatable bonds is 4. The van der Waals surface area contributed by atoms with E-state index in [1.807, 2.05) is 18.4 Å². The number of carbonyl (C=O) groups is 1. The zero-order valence-electron chi connectivity index (χ0n) is 13.5. The predicted octanol–water partition coefficient (Wildman–Crippen LogP) is 4.33. The minimum atomic E-state index is -0.404. The Kier molecular flexibility index (Phi) is 3.97. The summed E-state index contributed by atoms with van der Waals surface area (Å²) in [5.74, 6) is 0.0772. The van der Waals surface area contributed by atoms with Crippen LogP contribution in [0.15, 0.2) is 47.8 Å². The molecule has 1 aliphatic rings. The van der Waals surface area contributed by atoms with Crippen molar-refractivity contribution >= 4 is 22.9 Å². The number of amides is 1. The molecule has 3 aromatic rings. The first-order chi connectivity index (χ1) is 12.1. The fourth-order valence-corrected chi connectivity index (χ4v) is 3.48. The topological polar surface area (TPSA) is 42.4 Å². The third-order valence-corrected chi connectivity index (χ3v) is 4.90. The highest BCUT2D eigenvalue weighted by molar-refractivity contribution is 7.09. The van der Waals surface area contributed by atoms with Crippen molar-refractivity contribution in [3.05, 3.63) is 75.5 Å². The highest BCUT2D eigenvalue weighted by atomic mass is 32.1. The van der Waals surface area contributed by atoms with E-state index >= 15 is 0 Å². The van der Waals surface area contributed by atoms with Crippen LogP contribution in [0.2, 0.25) is 0 Å². The lowest BCUT2D eigenvalue weighted by molar-refractivity contribution is 0.0996. The molecule has 0 radical (unpaired) electrons. The summed E-state index contributed by atoms with van der Waals surface area (Å²) in [6, 6.07) is 11.6. The van der Waals surface area contributed by atoms with Gasteiger partial charge < -0.3 is 9.64 Å². The van der Waals surface area contributed by atoms with Crippen LogP contribution in [0.3, 0.4) is 0 Å². The summed E-state index contributed by atoms with van der Waals surface area (Å²) in [5.41, 5.74) is 2.59. The summed E-state index contributed by atoms with van der Waals surface area (Å²) >= 11 is 1.58. The van der Waals surface area contributed by atoms with Crippen LogP contribution in [0.4, 0.5) is 10.1 Å². The average Bonchev–Trinajstić information content (AvgIpc) is 3.17. The van der Waals surface area contributed by atoms with Crippen molar-refractivity contribution in [2.24, 2.45) is 0 Å². The van der Waals surface area contributed by atoms with E-state index in [9.17, 15) is 9.18 Å². The minimum absolute atomic E-state index is 0.193. The molecular formula is C19H15FN2O2S. The maximum absolute atomic E-state index is 14.0. The van der Waals surface area contributed by atoms with Gasteiger partial charge in [0, 0.05) is 10.9 Å². The van der Waals surface area contributed by atoms with Crippen LogP contribution in [0, 0.1) is 12.7 Å². The molecule has 0 atom stereocenters. The third-order valence-electron chi connectivity index (χ3n) is 4.08. The first-order valence-electron chi connectivity index (χ1n) is 7.85. The van der Waals surface area contributed by atoms with Gasteiger partial charge in [0.05, 0.1) is 22.9 Å². The molecule has 0 fully saturated rings. The zero-order valence-corrected chi connectivity index (χ0v) is 14.3. The van der Waals surface area contributed by atoms with Crippen molar-refractivity contribution in [3.8, 4) is 5.75 Å². The highest BCUT2D eigenvalue weighted by Gasteiger charge is 2.30. The van der Waals surface area contributed by atoms with Crippen LogP contribution in [-0.4, -0.2) is 10.9 Å². The van der Waals surface area contributed by atoms with Crippen LogP contribution >= 0.6 is 11.3 Å². The van der Waals surface area contributed by atoms with Crippen LogP contribution < -0.4 is 9.64 Å². The monoisotopic (exact) mass is 354 g/mol. The van der Waals surface area contributed by atoms with Gasteiger partial charge in [-0.2, -0.15) is 0 Å². The lowest BCUT2D eigenvalue weighted by Crippen LogP contribution is -2.23. The number of nitrogens with zero attached hydrogens (tertiary/aromatic N) is 2. The van der Waals surface area contributed by atoms with Crippen LogP contribution in [-0.2, 0) is 13.2 Å². The molecule has 126 valence electrons. The smallest absolute Gasteiger partial charge is 0.259 e. The molecule has 0 bridgehead atoms. The molecule has 1 aliphatic heterocycles. The number of halogens is 1. The lowest BCUT2D eigenvalue weighted by Gasteiger charge is -2.16. The Morgan fingerprint density at radius 3 is 2.88 bits per heavy atom. The Bertz CT molecular complexity index is 954. The summed E-state index contributed by atoms with van der Waals surface area (Å²) in [6.07, 6.45) is 0. The van der Waals surface area contributed by atoms with Gasteiger partial charge >= 0.3 is 0 Å². The molecule has 6 heteroatoms. The van der Waals surface area contributed by atoms with Crippen LogP contribution in [0.5, 0.6) is 5.75 Å². The van der Waals surface area contributed by atoms with Crippen molar-refractivity contribution in [2.45, 2.75) is 20.1 Å². The number of para-hydroxylation sites is 1. The van der Waals surface area contributed by atoms with E-state index in [1.54, 1.807) is 41.7 Å². The normalized spacial score (nSPS) is 13.2. The maximum Gasteiger partial charge on any atom is 0.259 e. The minimum Gasteiger partial charge on any atom is -0.487 e. The van der Waals surface area contributed by atoms with Crippen LogP contribution in [0.1, 0.15) is 26.6 Å². The maximum atomic E-state index is 14.0. The standard InChI is InChI=1S/C19H15FN2O2S/c1-12-21-14(11-25-12)10-24-15-6-7-16-13(8-15)9-22(19(16)23)18-5-3-2-4-17(18)20/h2-8,11H,9-10H2,1H3. The van der Waals surface area contributed by atoms with E-state index in [-0.39, 0.29) is 5.91 Å². The predicted molar refractivity (Wildman–Crippen MR) is 94.5 cm³/mol. The number of aromatic nitrogens is 1. The molecule has 0 saturated carbocycles. The van der Waals surface area contributed by atoms with Crippen molar-refractivity contribution in [1.82, 2.24) is 4.98 Å². The van der Waals surface area contributed by atoms with Gasteiger partial charge in [-0.1, -0.05) is 12.1 Å². The summed E-state index contributed by atoms with van der Waals surface area (Å²) in [7, 11) is 0. The first-order valence-corrected chi connectivity index (χ1v) is 8.73. The Hall–Kier alpha value is -2.73. The summed E-state index contributed by atoms with van der Waals surface area (Å²) in [6.45, 7) is 2.67. The first kappa shape index (κ1) is 15.8. The molecular weight excluding hydrogens is 339 g/mol. The van der Waals surface area contributed by atoms with E-state index in [1.165, 1.54) is 11.0 Å². The Balaban J connectivity index is 1.54. The largest absolute Gasteiger partial charge is 0.487 e. The highest BCUT2D eigenvalue weighted by Crippen LogP contribution is 2.32. The van der Waals surface area contributed by atoms with E-state index < -0.39 is 5.82 Å². The third kappa shape index (κ3) is 3.00. The summed E-state index contributed by atoms with van der Waals surface area (Å²) < 4.78 is 19.8. The SMILES string of the molecule is Cc1nc(COc2ccc3c(c2)CN(c2ccccc2F)C3=O)cs1. The number of thiazole rings is 1. The molecule has 0 spiro atoms. The molecule has 0 saturated heterocycles. The number of aryl methyl sites for hydroxylation is 1. The number of benzene rings is 2. The molecule has 1 aromatic heterocycles. The van der Waals surface area contributed by atoms with E-state index in [4.69, 9.17) is 4.74 Å². The second kappa shape index (κ2) is 6.29. The van der Waals surface area contributed by atoms with Gasteiger partial charge in [0.25, 0.3) is 5.91 Å². The van der Waals surface area contributed by atoms with Crippen molar-refractivity contribution in [2.75, 3.05) is 4.90 Å². The Morgan fingerprint density at radius 2 is 2.12 bits per heavy atom. The van der Waals surface area contributed by atoms with Gasteiger partial charge in [-0.15, -0.1) is 11.3 Å². The van der Waals surface area contributed by atoms with Gasteiger partial charge in [-0.25, -0.2) is 9.37 Å². The number of carbonyl (C=O) groups excluding carboxylic acids is 1. The second-order valence-corrected chi connectivity index (χ2v) is 6.87. The Morgan fingerprint density at radius 1 is 1.28 bits per heavy atom. The van der Waals surface area contributed by atoms with Crippen molar-refractivity contribution in [3.63, 3.8) is 0 Å². The van der Waals surface area contributed by atoms with E-state index in [2.05, 4.69) is 4.98 Å². The Labute approximate surface area is 148 Å². The van der Waals surface area contributed by atoms with Crippen molar-refractivity contribution in [1.29, 1.82) is 0 Å². The molecule has 25 heavy (non-hydrogen) atoms. The van der Waals surface area contributed by atoms with E-state index in [0.29, 0.717) is 30.2 Å². The van der Waals surface area contributed by atoms with Gasteiger partial charge in [0.15, 0.2) is 0 Å². The zero-order chi connectivity index (χ0) is 17.4.